The lowest BCUT2D eigenvalue weighted by Crippen LogP contribution is -3.29. The zero-order chi connectivity index (χ0) is 17.5. The van der Waals surface area contributed by atoms with Gasteiger partial charge in [0.1, 0.15) is 32.7 Å². The van der Waals surface area contributed by atoms with Gasteiger partial charge < -0.3 is 15.1 Å². The zero-order valence-electron chi connectivity index (χ0n) is 14.9. The van der Waals surface area contributed by atoms with E-state index in [1.165, 1.54) is 10.5 Å². The first kappa shape index (κ1) is 18.4. The molecule has 3 amide bonds. The number of amides is 3. The molecule has 1 saturated heterocycles. The molecule has 2 rings (SSSR count). The first-order valence-electron chi connectivity index (χ1n) is 8.79. The summed E-state index contributed by atoms with van der Waals surface area (Å²) in [5.41, 5.74) is 1.35. The highest BCUT2D eigenvalue weighted by Crippen LogP contribution is 1.95. The van der Waals surface area contributed by atoms with Gasteiger partial charge in [-0.25, -0.2) is 4.79 Å². The number of urea groups is 1. The van der Waals surface area contributed by atoms with Crippen LogP contribution >= 0.6 is 0 Å². The normalized spacial score (nSPS) is 22.0. The van der Waals surface area contributed by atoms with Gasteiger partial charge in [0.2, 0.25) is 0 Å². The lowest BCUT2D eigenvalue weighted by molar-refractivity contribution is -1.02. The molecule has 1 aliphatic heterocycles. The predicted octanol–water partition coefficient (Wildman–Crippen LogP) is -1.41. The van der Waals surface area contributed by atoms with Crippen LogP contribution in [0.3, 0.4) is 0 Å². The molecule has 0 aliphatic carbocycles. The number of nitrogens with one attached hydrogen (secondary N) is 4. The first-order chi connectivity index (χ1) is 11.5. The average molecular weight is 334 g/mol. The van der Waals surface area contributed by atoms with E-state index >= 15 is 0 Å². The van der Waals surface area contributed by atoms with E-state index in [1.54, 1.807) is 4.90 Å². The molecule has 1 heterocycles. The van der Waals surface area contributed by atoms with E-state index in [0.29, 0.717) is 0 Å². The summed E-state index contributed by atoms with van der Waals surface area (Å²) in [4.78, 5) is 26.7. The molecule has 0 aromatic heterocycles. The minimum absolute atomic E-state index is 0.0191. The van der Waals surface area contributed by atoms with Gasteiger partial charge in [-0.3, -0.25) is 10.1 Å². The highest BCUT2D eigenvalue weighted by Gasteiger charge is 2.31. The Hall–Kier alpha value is -1.92. The second-order valence-electron chi connectivity index (χ2n) is 6.91. The van der Waals surface area contributed by atoms with Gasteiger partial charge in [0.05, 0.1) is 0 Å². The van der Waals surface area contributed by atoms with E-state index in [1.807, 2.05) is 26.8 Å². The molecule has 0 spiro atoms. The van der Waals surface area contributed by atoms with Crippen LogP contribution in [0, 0.1) is 0 Å². The summed E-state index contributed by atoms with van der Waals surface area (Å²) in [6.07, 6.45) is 0. The van der Waals surface area contributed by atoms with Gasteiger partial charge in [0.15, 0.2) is 6.04 Å². The van der Waals surface area contributed by atoms with E-state index in [4.69, 9.17) is 0 Å². The summed E-state index contributed by atoms with van der Waals surface area (Å²) in [7, 11) is 0. The first-order valence-corrected chi connectivity index (χ1v) is 8.79. The van der Waals surface area contributed by atoms with Crippen LogP contribution in [0.1, 0.15) is 26.3 Å². The van der Waals surface area contributed by atoms with Gasteiger partial charge in [0, 0.05) is 11.6 Å². The summed E-state index contributed by atoms with van der Waals surface area (Å²) in [5, 5.41) is 5.12. The second-order valence-corrected chi connectivity index (χ2v) is 6.91. The van der Waals surface area contributed by atoms with Crippen molar-refractivity contribution in [2.45, 2.75) is 39.4 Å². The van der Waals surface area contributed by atoms with Gasteiger partial charge in [-0.1, -0.05) is 30.3 Å². The molecule has 132 valence electrons. The summed E-state index contributed by atoms with van der Waals surface area (Å²) in [6.45, 7) is 10.6. The second kappa shape index (κ2) is 8.80. The monoisotopic (exact) mass is 334 g/mol. The predicted molar refractivity (Wildman–Crippen MR) is 92.8 cm³/mol. The van der Waals surface area contributed by atoms with Crippen LogP contribution in [0.5, 0.6) is 0 Å². The Labute approximate surface area is 144 Å². The molecule has 1 aromatic carbocycles. The van der Waals surface area contributed by atoms with E-state index < -0.39 is 6.03 Å². The van der Waals surface area contributed by atoms with Crippen molar-refractivity contribution < 1.29 is 19.4 Å². The number of hydrogen-bond donors (Lipinski definition) is 4. The molecule has 1 atom stereocenters. The lowest BCUT2D eigenvalue weighted by Gasteiger charge is -2.32. The van der Waals surface area contributed by atoms with Crippen LogP contribution in [0.15, 0.2) is 30.3 Å². The molecular weight excluding hydrogens is 304 g/mol. The van der Waals surface area contributed by atoms with E-state index in [-0.39, 0.29) is 18.0 Å². The van der Waals surface area contributed by atoms with Crippen molar-refractivity contribution in [2.24, 2.45) is 0 Å². The molecule has 4 N–H and O–H groups in total. The van der Waals surface area contributed by atoms with E-state index in [2.05, 4.69) is 34.9 Å². The molecule has 0 saturated carbocycles. The Morgan fingerprint density at radius 3 is 2.25 bits per heavy atom. The quantitative estimate of drug-likeness (QED) is 0.535. The summed E-state index contributed by atoms with van der Waals surface area (Å²) < 4.78 is 0. The highest BCUT2D eigenvalue weighted by atomic mass is 16.2. The van der Waals surface area contributed by atoms with Crippen molar-refractivity contribution in [3.05, 3.63) is 35.9 Å². The summed E-state index contributed by atoms with van der Waals surface area (Å²) in [6, 6.07) is 9.92. The SMILES string of the molecule is CC(C)NC(=O)NC(=O)[C@H](C)[NH+]1CC[NH+](Cc2ccccc2)CC1. The Morgan fingerprint density at radius 2 is 1.67 bits per heavy atom. The molecule has 6 heteroatoms. The van der Waals surface area contributed by atoms with Crippen LogP contribution < -0.4 is 20.4 Å². The molecular formula is C18H30N4O2+2. The van der Waals surface area contributed by atoms with Gasteiger partial charge in [0.25, 0.3) is 5.91 Å². The fourth-order valence-electron chi connectivity index (χ4n) is 3.12. The Kier molecular flexibility index (Phi) is 6.75. The Balaban J connectivity index is 1.76. The van der Waals surface area contributed by atoms with Crippen molar-refractivity contribution in [1.82, 2.24) is 10.6 Å². The average Bonchev–Trinajstić information content (AvgIpc) is 2.55. The highest BCUT2D eigenvalue weighted by molar-refractivity contribution is 5.96. The maximum atomic E-state index is 12.2. The third-order valence-electron chi connectivity index (χ3n) is 4.56. The number of hydrogen-bond acceptors (Lipinski definition) is 2. The molecule has 1 fully saturated rings. The number of imide groups is 1. The number of piperazine rings is 1. The van der Waals surface area contributed by atoms with E-state index in [9.17, 15) is 9.59 Å². The maximum absolute atomic E-state index is 12.2. The standard InChI is InChI=1S/C18H28N4O2/c1-14(2)19-18(24)20-17(23)15(3)22-11-9-21(10-12-22)13-16-7-5-4-6-8-16/h4-8,14-15H,9-13H2,1-3H3,(H2,19,20,23,24)/p+2/t15-/m0/s1. The summed E-state index contributed by atoms with van der Waals surface area (Å²) in [5.74, 6) is -0.199. The van der Waals surface area contributed by atoms with Crippen molar-refractivity contribution in [1.29, 1.82) is 0 Å². The zero-order valence-corrected chi connectivity index (χ0v) is 14.9. The van der Waals surface area contributed by atoms with Crippen molar-refractivity contribution in [3.63, 3.8) is 0 Å². The lowest BCUT2D eigenvalue weighted by atomic mass is 10.1. The third-order valence-corrected chi connectivity index (χ3v) is 4.56. The van der Waals surface area contributed by atoms with Crippen LogP contribution in [-0.4, -0.2) is 50.2 Å². The maximum Gasteiger partial charge on any atom is 0.321 e. The Bertz CT molecular complexity index is 539. The largest absolute Gasteiger partial charge is 0.336 e. The smallest absolute Gasteiger partial charge is 0.321 e. The minimum atomic E-state index is -0.408. The number of carbonyl (C=O) groups excluding carboxylic acids is 2. The molecule has 1 aliphatic rings. The van der Waals surface area contributed by atoms with Gasteiger partial charge in [-0.15, -0.1) is 0 Å². The fraction of sp³-hybridized carbons (Fsp3) is 0.556. The van der Waals surface area contributed by atoms with Crippen molar-refractivity contribution >= 4 is 11.9 Å². The molecule has 0 unspecified atom stereocenters. The molecule has 24 heavy (non-hydrogen) atoms. The molecule has 6 nitrogen and oxygen atoms in total. The number of carbonyl (C=O) groups is 2. The third kappa shape index (κ3) is 5.62. The Morgan fingerprint density at radius 1 is 1.04 bits per heavy atom. The number of quaternary nitrogens is 2. The fourth-order valence-corrected chi connectivity index (χ4v) is 3.12. The van der Waals surface area contributed by atoms with Crippen molar-refractivity contribution in [2.75, 3.05) is 26.2 Å². The van der Waals surface area contributed by atoms with E-state index in [0.717, 1.165) is 32.7 Å². The van der Waals surface area contributed by atoms with Crippen LogP contribution in [0.2, 0.25) is 0 Å². The molecule has 0 radical (unpaired) electrons. The van der Waals surface area contributed by atoms with Crippen LogP contribution in [0.25, 0.3) is 0 Å². The van der Waals surface area contributed by atoms with Crippen molar-refractivity contribution in [3.8, 4) is 0 Å². The molecule has 1 aromatic rings. The number of benzene rings is 1. The summed E-state index contributed by atoms with van der Waals surface area (Å²) >= 11 is 0. The van der Waals surface area contributed by atoms with Crippen LogP contribution in [0.4, 0.5) is 4.79 Å². The molecule has 0 bridgehead atoms. The van der Waals surface area contributed by atoms with Gasteiger partial charge >= 0.3 is 6.03 Å². The topological polar surface area (TPSA) is 67.1 Å². The minimum Gasteiger partial charge on any atom is -0.336 e. The van der Waals surface area contributed by atoms with Crippen LogP contribution in [-0.2, 0) is 11.3 Å². The van der Waals surface area contributed by atoms with Gasteiger partial charge in [-0.2, -0.15) is 0 Å². The van der Waals surface area contributed by atoms with Gasteiger partial charge in [-0.05, 0) is 20.8 Å². The number of rotatable bonds is 5.